The summed E-state index contributed by atoms with van der Waals surface area (Å²) in [7, 11) is 1.79. The molecule has 0 spiro atoms. The first-order valence-electron chi connectivity index (χ1n) is 10.6. The maximum atomic E-state index is 13.5. The molecule has 1 aliphatic heterocycles. The maximum absolute atomic E-state index is 13.5. The summed E-state index contributed by atoms with van der Waals surface area (Å²) in [5.74, 6) is -0.362. The zero-order valence-electron chi connectivity index (χ0n) is 18.1. The molecule has 0 radical (unpaired) electrons. The van der Waals surface area contributed by atoms with Crippen LogP contribution in [0.2, 0.25) is 0 Å². The van der Waals surface area contributed by atoms with Crippen LogP contribution in [0.3, 0.4) is 0 Å². The van der Waals surface area contributed by atoms with Crippen molar-refractivity contribution >= 4 is 21.8 Å². The summed E-state index contributed by atoms with van der Waals surface area (Å²) < 4.78 is 16.1. The van der Waals surface area contributed by atoms with Gasteiger partial charge in [-0.25, -0.2) is 9.07 Å². The fourth-order valence-electron chi connectivity index (χ4n) is 3.99. The van der Waals surface area contributed by atoms with Crippen LogP contribution in [-0.4, -0.2) is 45.4 Å². The van der Waals surface area contributed by atoms with Crippen molar-refractivity contribution in [2.45, 2.75) is 38.3 Å². The molecule has 1 saturated heterocycles. The second-order valence-electron chi connectivity index (χ2n) is 8.11. The number of carbonyl (C=O) groups is 1. The van der Waals surface area contributed by atoms with Gasteiger partial charge in [-0.3, -0.25) is 15.6 Å². The van der Waals surface area contributed by atoms with Crippen LogP contribution in [0.5, 0.6) is 0 Å². The molecule has 9 heteroatoms. The minimum atomic E-state index is -0.222. The molecule has 2 heterocycles. The number of hydrogen-bond acceptors (Lipinski definition) is 5. The zero-order chi connectivity index (χ0) is 22.7. The van der Waals surface area contributed by atoms with E-state index in [-0.39, 0.29) is 23.8 Å². The normalized spacial score (nSPS) is 18.1. The summed E-state index contributed by atoms with van der Waals surface area (Å²) in [5, 5.41) is 8.30. The molecule has 1 aliphatic rings. The molecule has 2 atom stereocenters. The Kier molecular flexibility index (Phi) is 6.98. The Morgan fingerprint density at radius 2 is 2.06 bits per heavy atom. The van der Waals surface area contributed by atoms with Crippen molar-refractivity contribution in [3.63, 3.8) is 0 Å². The number of halogens is 2. The molecule has 168 valence electrons. The molecule has 3 aromatic rings. The topological polar surface area (TPSA) is 75.1 Å². The molecule has 7 nitrogen and oxygen atoms in total. The Hall–Kier alpha value is -2.62. The predicted octanol–water partition coefficient (Wildman–Crippen LogP) is 3.94. The van der Waals surface area contributed by atoms with Crippen LogP contribution in [0.15, 0.2) is 53.0 Å². The van der Waals surface area contributed by atoms with Crippen LogP contribution in [0.1, 0.15) is 47.1 Å². The summed E-state index contributed by atoms with van der Waals surface area (Å²) in [4.78, 5) is 14.6. The van der Waals surface area contributed by atoms with E-state index in [2.05, 4.69) is 37.1 Å². The first kappa shape index (κ1) is 22.6. The van der Waals surface area contributed by atoms with Gasteiger partial charge in [-0.05, 0) is 62.1 Å². The van der Waals surface area contributed by atoms with Crippen LogP contribution < -0.4 is 10.9 Å². The van der Waals surface area contributed by atoms with Gasteiger partial charge in [0, 0.05) is 30.1 Å². The van der Waals surface area contributed by atoms with Gasteiger partial charge in [0.15, 0.2) is 5.69 Å². The van der Waals surface area contributed by atoms with Gasteiger partial charge in [-0.15, -0.1) is 5.10 Å². The van der Waals surface area contributed by atoms with Gasteiger partial charge in [-0.1, -0.05) is 39.3 Å². The van der Waals surface area contributed by atoms with E-state index in [4.69, 9.17) is 0 Å². The highest BCUT2D eigenvalue weighted by molar-refractivity contribution is 9.10. The van der Waals surface area contributed by atoms with E-state index < -0.39 is 0 Å². The predicted molar refractivity (Wildman–Crippen MR) is 124 cm³/mol. The lowest BCUT2D eigenvalue weighted by molar-refractivity contribution is 0.0785. The Morgan fingerprint density at radius 1 is 1.25 bits per heavy atom. The standard InChI is InChI=1S/C23H26BrFN6O/c1-15-22(28-29-31(15)20-10-4-7-17(24)13-20)23(32)30(2)11-5-9-19-14-21(27-26-19)16-6-3-8-18(25)12-16/h3-4,6-8,10,12-13,19,21,26-27H,5,9,11,14H2,1-2H3. The summed E-state index contributed by atoms with van der Waals surface area (Å²) in [6, 6.07) is 14.7. The fraction of sp³-hybridized carbons (Fsp3) is 0.348. The van der Waals surface area contributed by atoms with E-state index in [0.717, 1.165) is 35.0 Å². The van der Waals surface area contributed by atoms with Crippen LogP contribution >= 0.6 is 15.9 Å². The molecule has 32 heavy (non-hydrogen) atoms. The molecule has 1 amide bonds. The summed E-state index contributed by atoms with van der Waals surface area (Å²) in [5.41, 5.74) is 9.39. The fourth-order valence-corrected chi connectivity index (χ4v) is 4.38. The van der Waals surface area contributed by atoms with E-state index in [0.29, 0.717) is 17.9 Å². The Labute approximate surface area is 195 Å². The molecular weight excluding hydrogens is 475 g/mol. The zero-order valence-corrected chi connectivity index (χ0v) is 19.6. The molecule has 2 aromatic carbocycles. The second kappa shape index (κ2) is 9.89. The van der Waals surface area contributed by atoms with Gasteiger partial charge in [-0.2, -0.15) is 0 Å². The molecule has 0 aliphatic carbocycles. The molecule has 2 N–H and O–H groups in total. The Balaban J connectivity index is 1.29. The van der Waals surface area contributed by atoms with E-state index >= 15 is 0 Å². The molecule has 4 rings (SSSR count). The van der Waals surface area contributed by atoms with E-state index in [1.807, 2.05) is 37.3 Å². The van der Waals surface area contributed by atoms with Gasteiger partial charge in [0.25, 0.3) is 5.91 Å². The average Bonchev–Trinajstić information content (AvgIpc) is 3.40. The van der Waals surface area contributed by atoms with Crippen LogP contribution in [0.25, 0.3) is 5.69 Å². The minimum Gasteiger partial charge on any atom is -0.340 e. The SMILES string of the molecule is Cc1c(C(=O)N(C)CCCC2CC(c3cccc(F)c3)NN2)nnn1-c1cccc(Br)c1. The lowest BCUT2D eigenvalue weighted by Gasteiger charge is -2.17. The average molecular weight is 501 g/mol. The molecule has 0 bridgehead atoms. The number of amides is 1. The third-order valence-corrected chi connectivity index (χ3v) is 6.27. The molecular formula is C23H26BrFN6O. The van der Waals surface area contributed by atoms with Crippen molar-refractivity contribution in [2.24, 2.45) is 0 Å². The molecule has 2 unspecified atom stereocenters. The molecule has 0 saturated carbocycles. The van der Waals surface area contributed by atoms with Gasteiger partial charge in [0.2, 0.25) is 0 Å². The molecule has 1 fully saturated rings. The number of hydrazine groups is 1. The van der Waals surface area contributed by atoms with Crippen molar-refractivity contribution in [1.82, 2.24) is 30.7 Å². The number of nitrogens with one attached hydrogen (secondary N) is 2. The number of rotatable bonds is 7. The summed E-state index contributed by atoms with van der Waals surface area (Å²) in [6.45, 7) is 2.47. The highest BCUT2D eigenvalue weighted by Gasteiger charge is 2.26. The lowest BCUT2D eigenvalue weighted by Crippen LogP contribution is -2.32. The quantitative estimate of drug-likeness (QED) is 0.513. The third-order valence-electron chi connectivity index (χ3n) is 5.78. The number of benzene rings is 2. The van der Waals surface area contributed by atoms with Crippen LogP contribution in [-0.2, 0) is 0 Å². The van der Waals surface area contributed by atoms with Crippen LogP contribution in [0, 0.1) is 12.7 Å². The number of nitrogens with zero attached hydrogens (tertiary/aromatic N) is 4. The van der Waals surface area contributed by atoms with Gasteiger partial charge < -0.3 is 4.90 Å². The lowest BCUT2D eigenvalue weighted by atomic mass is 9.99. The first-order chi connectivity index (χ1) is 15.4. The monoisotopic (exact) mass is 500 g/mol. The molecule has 1 aromatic heterocycles. The maximum Gasteiger partial charge on any atom is 0.276 e. The Bertz CT molecular complexity index is 1100. The largest absolute Gasteiger partial charge is 0.340 e. The highest BCUT2D eigenvalue weighted by atomic mass is 79.9. The van der Waals surface area contributed by atoms with Gasteiger partial charge in [0.05, 0.1) is 11.4 Å². The second-order valence-corrected chi connectivity index (χ2v) is 9.03. The first-order valence-corrected chi connectivity index (χ1v) is 11.4. The minimum absolute atomic E-state index is 0.0887. The third kappa shape index (κ3) is 5.06. The van der Waals surface area contributed by atoms with Crippen LogP contribution in [0.4, 0.5) is 4.39 Å². The number of hydrogen-bond donors (Lipinski definition) is 2. The van der Waals surface area contributed by atoms with Crippen molar-refractivity contribution in [3.8, 4) is 5.69 Å². The van der Waals surface area contributed by atoms with E-state index in [1.165, 1.54) is 6.07 Å². The van der Waals surface area contributed by atoms with Crippen molar-refractivity contribution < 1.29 is 9.18 Å². The van der Waals surface area contributed by atoms with Crippen molar-refractivity contribution in [2.75, 3.05) is 13.6 Å². The summed E-state index contributed by atoms with van der Waals surface area (Å²) in [6.07, 6.45) is 2.62. The van der Waals surface area contributed by atoms with Gasteiger partial charge in [0.1, 0.15) is 5.82 Å². The smallest absolute Gasteiger partial charge is 0.276 e. The highest BCUT2D eigenvalue weighted by Crippen LogP contribution is 2.25. The number of aromatic nitrogens is 3. The van der Waals surface area contributed by atoms with E-state index in [1.54, 1.807) is 28.8 Å². The van der Waals surface area contributed by atoms with Crippen molar-refractivity contribution in [1.29, 1.82) is 0 Å². The number of carbonyl (C=O) groups excluding carboxylic acids is 1. The summed E-state index contributed by atoms with van der Waals surface area (Å²) >= 11 is 3.46. The van der Waals surface area contributed by atoms with Crippen molar-refractivity contribution in [3.05, 3.63) is 75.8 Å². The van der Waals surface area contributed by atoms with E-state index in [9.17, 15) is 9.18 Å². The van der Waals surface area contributed by atoms with Gasteiger partial charge >= 0.3 is 0 Å². The Morgan fingerprint density at radius 3 is 2.84 bits per heavy atom.